The Morgan fingerprint density at radius 2 is 2.35 bits per heavy atom. The molecular formula is C12H10BrClN4O2. The van der Waals surface area contributed by atoms with Crippen molar-refractivity contribution in [3.8, 4) is 5.75 Å². The van der Waals surface area contributed by atoms with Crippen molar-refractivity contribution in [1.29, 1.82) is 0 Å². The third-order valence-corrected chi connectivity index (χ3v) is 3.17. The minimum Gasteiger partial charge on any atom is -0.507 e. The number of phenolic OH excluding ortho intramolecular Hbond substituents is 1. The summed E-state index contributed by atoms with van der Waals surface area (Å²) in [4.78, 5) is 11.8. The molecule has 0 bridgehead atoms. The summed E-state index contributed by atoms with van der Waals surface area (Å²) in [6.07, 6.45) is 2.96. The molecule has 8 heteroatoms. The molecule has 0 saturated carbocycles. The van der Waals surface area contributed by atoms with Gasteiger partial charge in [-0.25, -0.2) is 5.43 Å². The number of amides is 1. The van der Waals surface area contributed by atoms with Gasteiger partial charge < -0.3 is 5.11 Å². The molecule has 20 heavy (non-hydrogen) atoms. The summed E-state index contributed by atoms with van der Waals surface area (Å²) in [6.45, 7) is 0. The minimum absolute atomic E-state index is 0.0198. The predicted octanol–water partition coefficient (Wildman–Crippen LogP) is 2.31. The number of aryl methyl sites for hydroxylation is 1. The molecule has 1 aromatic carbocycles. The topological polar surface area (TPSA) is 79.5 Å². The number of aromatic hydroxyl groups is 1. The van der Waals surface area contributed by atoms with Gasteiger partial charge in [0, 0.05) is 23.8 Å². The van der Waals surface area contributed by atoms with Crippen LogP contribution in [0.4, 0.5) is 0 Å². The molecule has 0 aliphatic rings. The zero-order valence-corrected chi connectivity index (χ0v) is 12.7. The standard InChI is InChI=1S/C12H10BrClN4O2/c1-18-6-9(13)11(17-18)12(20)16-15-5-7-4-8(14)2-3-10(7)19/h2-6,19H,1H3,(H,16,20)/b15-5+. The first-order chi connectivity index (χ1) is 9.47. The normalized spacial score (nSPS) is 10.9. The number of benzene rings is 1. The van der Waals surface area contributed by atoms with Gasteiger partial charge in [0.25, 0.3) is 5.91 Å². The zero-order valence-electron chi connectivity index (χ0n) is 10.3. The van der Waals surface area contributed by atoms with E-state index < -0.39 is 5.91 Å². The second-order valence-electron chi connectivity index (χ2n) is 3.90. The Kier molecular flexibility index (Phi) is 4.41. The molecular weight excluding hydrogens is 348 g/mol. The van der Waals surface area contributed by atoms with Crippen molar-refractivity contribution in [2.45, 2.75) is 0 Å². The number of carbonyl (C=O) groups is 1. The van der Waals surface area contributed by atoms with Crippen molar-refractivity contribution in [1.82, 2.24) is 15.2 Å². The maximum Gasteiger partial charge on any atom is 0.293 e. The lowest BCUT2D eigenvalue weighted by Crippen LogP contribution is -2.19. The number of hydrazone groups is 1. The van der Waals surface area contributed by atoms with Gasteiger partial charge in [0.1, 0.15) is 5.75 Å². The quantitative estimate of drug-likeness (QED) is 0.653. The zero-order chi connectivity index (χ0) is 14.7. The van der Waals surface area contributed by atoms with Gasteiger partial charge in [0.15, 0.2) is 5.69 Å². The largest absolute Gasteiger partial charge is 0.507 e. The first kappa shape index (κ1) is 14.5. The highest BCUT2D eigenvalue weighted by atomic mass is 79.9. The van der Waals surface area contributed by atoms with Gasteiger partial charge in [-0.05, 0) is 34.1 Å². The van der Waals surface area contributed by atoms with Crippen molar-refractivity contribution in [2.24, 2.45) is 12.1 Å². The molecule has 2 rings (SSSR count). The first-order valence-corrected chi connectivity index (χ1v) is 6.65. The van der Waals surface area contributed by atoms with Crippen LogP contribution in [0.25, 0.3) is 0 Å². The Bertz CT molecular complexity index is 684. The highest BCUT2D eigenvalue weighted by Crippen LogP contribution is 2.19. The summed E-state index contributed by atoms with van der Waals surface area (Å²) in [6, 6.07) is 4.53. The van der Waals surface area contributed by atoms with E-state index in [9.17, 15) is 9.90 Å². The highest BCUT2D eigenvalue weighted by molar-refractivity contribution is 9.10. The van der Waals surface area contributed by atoms with Crippen LogP contribution in [0.2, 0.25) is 5.02 Å². The Morgan fingerprint density at radius 3 is 3.00 bits per heavy atom. The van der Waals surface area contributed by atoms with Gasteiger partial charge in [-0.15, -0.1) is 0 Å². The van der Waals surface area contributed by atoms with Crippen molar-refractivity contribution in [3.05, 3.63) is 45.1 Å². The lowest BCUT2D eigenvalue weighted by Gasteiger charge is -1.99. The maximum atomic E-state index is 11.8. The van der Waals surface area contributed by atoms with Crippen LogP contribution in [-0.2, 0) is 7.05 Å². The van der Waals surface area contributed by atoms with Crippen LogP contribution in [0, 0.1) is 0 Å². The molecule has 1 heterocycles. The summed E-state index contributed by atoms with van der Waals surface area (Å²) < 4.78 is 2.07. The molecule has 0 fully saturated rings. The van der Waals surface area contributed by atoms with E-state index in [1.807, 2.05) is 0 Å². The number of aromatic nitrogens is 2. The Balaban J connectivity index is 2.08. The molecule has 0 spiro atoms. The number of carbonyl (C=O) groups excluding carboxylic acids is 1. The van der Waals surface area contributed by atoms with Gasteiger partial charge in [-0.3, -0.25) is 9.48 Å². The predicted molar refractivity (Wildman–Crippen MR) is 79.1 cm³/mol. The van der Waals surface area contributed by atoms with Gasteiger partial charge >= 0.3 is 0 Å². The van der Waals surface area contributed by atoms with E-state index in [2.05, 4.69) is 31.6 Å². The van der Waals surface area contributed by atoms with Gasteiger partial charge in [-0.2, -0.15) is 10.2 Å². The molecule has 0 atom stereocenters. The number of hydrogen-bond acceptors (Lipinski definition) is 4. The molecule has 2 aromatic rings. The monoisotopic (exact) mass is 356 g/mol. The SMILES string of the molecule is Cn1cc(Br)c(C(=O)N/N=C/c2cc(Cl)ccc2O)n1. The highest BCUT2D eigenvalue weighted by Gasteiger charge is 2.13. The fourth-order valence-corrected chi connectivity index (χ4v) is 2.19. The van der Waals surface area contributed by atoms with Crippen LogP contribution in [0.3, 0.4) is 0 Å². The van der Waals surface area contributed by atoms with Crippen LogP contribution in [0.5, 0.6) is 5.75 Å². The van der Waals surface area contributed by atoms with E-state index in [4.69, 9.17) is 11.6 Å². The second kappa shape index (κ2) is 6.06. The fourth-order valence-electron chi connectivity index (χ4n) is 1.46. The van der Waals surface area contributed by atoms with Crippen molar-refractivity contribution >= 4 is 39.7 Å². The van der Waals surface area contributed by atoms with Crippen molar-refractivity contribution < 1.29 is 9.90 Å². The lowest BCUT2D eigenvalue weighted by atomic mass is 10.2. The van der Waals surface area contributed by atoms with E-state index in [-0.39, 0.29) is 11.4 Å². The van der Waals surface area contributed by atoms with Crippen LogP contribution in [-0.4, -0.2) is 27.0 Å². The summed E-state index contributed by atoms with van der Waals surface area (Å²) in [5.74, 6) is -0.443. The van der Waals surface area contributed by atoms with Crippen LogP contribution >= 0.6 is 27.5 Å². The van der Waals surface area contributed by atoms with E-state index in [1.54, 1.807) is 19.3 Å². The minimum atomic E-state index is -0.463. The average molecular weight is 358 g/mol. The summed E-state index contributed by atoms with van der Waals surface area (Å²) in [5, 5.41) is 17.8. The van der Waals surface area contributed by atoms with E-state index >= 15 is 0 Å². The molecule has 0 aliphatic heterocycles. The average Bonchev–Trinajstić information content (AvgIpc) is 2.72. The van der Waals surface area contributed by atoms with Crippen LogP contribution < -0.4 is 5.43 Å². The molecule has 1 amide bonds. The molecule has 0 radical (unpaired) electrons. The number of rotatable bonds is 3. The summed E-state index contributed by atoms with van der Waals surface area (Å²) in [5.41, 5.74) is 2.94. The maximum absolute atomic E-state index is 11.8. The van der Waals surface area contributed by atoms with Crippen molar-refractivity contribution in [2.75, 3.05) is 0 Å². The number of phenols is 1. The van der Waals surface area contributed by atoms with Crippen LogP contribution in [0.1, 0.15) is 16.1 Å². The van der Waals surface area contributed by atoms with E-state index in [0.29, 0.717) is 15.1 Å². The second-order valence-corrected chi connectivity index (χ2v) is 5.19. The Labute approximate surface area is 128 Å². The molecule has 0 unspecified atom stereocenters. The van der Waals surface area contributed by atoms with Crippen molar-refractivity contribution in [3.63, 3.8) is 0 Å². The lowest BCUT2D eigenvalue weighted by molar-refractivity contribution is 0.0948. The molecule has 2 N–H and O–H groups in total. The first-order valence-electron chi connectivity index (χ1n) is 5.48. The number of halogens is 2. The third-order valence-electron chi connectivity index (χ3n) is 2.36. The molecule has 104 valence electrons. The summed E-state index contributed by atoms with van der Waals surface area (Å²) >= 11 is 9.02. The number of nitrogens with one attached hydrogen (secondary N) is 1. The van der Waals surface area contributed by atoms with Crippen LogP contribution in [0.15, 0.2) is 34.0 Å². The van der Waals surface area contributed by atoms with Gasteiger partial charge in [0.2, 0.25) is 0 Å². The van der Waals surface area contributed by atoms with Gasteiger partial charge in [0.05, 0.1) is 10.7 Å². The Morgan fingerprint density at radius 1 is 1.60 bits per heavy atom. The van der Waals surface area contributed by atoms with E-state index in [0.717, 1.165) is 0 Å². The molecule has 0 saturated heterocycles. The molecule has 6 nitrogen and oxygen atoms in total. The summed E-state index contributed by atoms with van der Waals surface area (Å²) in [7, 11) is 1.70. The van der Waals surface area contributed by atoms with E-state index in [1.165, 1.54) is 23.0 Å². The Hall–Kier alpha value is -1.86. The third kappa shape index (κ3) is 3.37. The number of nitrogens with zero attached hydrogens (tertiary/aromatic N) is 3. The fraction of sp³-hybridized carbons (Fsp3) is 0.0833. The molecule has 1 aromatic heterocycles. The number of hydrogen-bond donors (Lipinski definition) is 2. The molecule has 0 aliphatic carbocycles. The van der Waals surface area contributed by atoms with Gasteiger partial charge in [-0.1, -0.05) is 11.6 Å². The smallest absolute Gasteiger partial charge is 0.293 e.